The van der Waals surface area contributed by atoms with Gasteiger partial charge < -0.3 is 15.4 Å². The molecule has 0 aliphatic heterocycles. The van der Waals surface area contributed by atoms with Gasteiger partial charge in [-0.3, -0.25) is 4.79 Å². The Morgan fingerprint density at radius 2 is 1.46 bits per heavy atom. The average Bonchev–Trinajstić information content (AvgIpc) is 2.66. The summed E-state index contributed by atoms with van der Waals surface area (Å²) in [6.45, 7) is 7.60. The van der Waals surface area contributed by atoms with Gasteiger partial charge in [0.15, 0.2) is 6.10 Å². The van der Waals surface area contributed by atoms with Crippen molar-refractivity contribution >= 4 is 17.8 Å². The summed E-state index contributed by atoms with van der Waals surface area (Å²) in [5.41, 5.74) is 2.75. The number of ether oxygens (including phenoxy) is 1. The molecule has 2 rings (SSSR count). The predicted octanol–water partition coefficient (Wildman–Crippen LogP) is 3.63. The SMILES string of the molecule is Cc1ccc(C(=O)[C@@H](C)OC(=O)c2ccc(CNC(=O)NC(C)C)cc2)cc1. The van der Waals surface area contributed by atoms with Crippen molar-refractivity contribution in [2.45, 2.75) is 46.4 Å². The molecule has 0 aliphatic carbocycles. The lowest BCUT2D eigenvalue weighted by molar-refractivity contribution is 0.0319. The van der Waals surface area contributed by atoms with Crippen molar-refractivity contribution in [1.82, 2.24) is 10.6 Å². The normalized spacial score (nSPS) is 11.6. The summed E-state index contributed by atoms with van der Waals surface area (Å²) in [4.78, 5) is 36.3. The van der Waals surface area contributed by atoms with Gasteiger partial charge in [-0.05, 0) is 45.4 Å². The van der Waals surface area contributed by atoms with Gasteiger partial charge >= 0.3 is 12.0 Å². The number of carbonyl (C=O) groups excluding carboxylic acids is 3. The molecule has 2 N–H and O–H groups in total. The first-order valence-corrected chi connectivity index (χ1v) is 9.21. The van der Waals surface area contributed by atoms with E-state index in [1.807, 2.05) is 32.9 Å². The molecule has 0 fully saturated rings. The molecule has 0 saturated carbocycles. The molecule has 2 aromatic carbocycles. The first-order valence-electron chi connectivity index (χ1n) is 9.21. The van der Waals surface area contributed by atoms with Crippen molar-refractivity contribution in [3.8, 4) is 0 Å². The van der Waals surface area contributed by atoms with Gasteiger partial charge in [0.2, 0.25) is 5.78 Å². The minimum atomic E-state index is -0.878. The molecule has 0 bridgehead atoms. The summed E-state index contributed by atoms with van der Waals surface area (Å²) in [5, 5.41) is 5.47. The molecule has 2 aromatic rings. The number of ketones is 1. The second kappa shape index (κ2) is 9.69. The van der Waals surface area contributed by atoms with E-state index in [2.05, 4.69) is 10.6 Å². The van der Waals surface area contributed by atoms with Gasteiger partial charge in [-0.1, -0.05) is 42.0 Å². The lowest BCUT2D eigenvalue weighted by Gasteiger charge is -2.13. The third-order valence-corrected chi connectivity index (χ3v) is 4.05. The van der Waals surface area contributed by atoms with Crippen LogP contribution in [-0.2, 0) is 11.3 Å². The number of aryl methyl sites for hydroxylation is 1. The number of nitrogens with one attached hydrogen (secondary N) is 2. The summed E-state index contributed by atoms with van der Waals surface area (Å²) >= 11 is 0. The maximum absolute atomic E-state index is 12.4. The van der Waals surface area contributed by atoms with E-state index >= 15 is 0 Å². The smallest absolute Gasteiger partial charge is 0.338 e. The topological polar surface area (TPSA) is 84.5 Å². The van der Waals surface area contributed by atoms with Gasteiger partial charge in [-0.15, -0.1) is 0 Å². The molecule has 0 aliphatic rings. The fraction of sp³-hybridized carbons (Fsp3) is 0.318. The Kier molecular flexibility index (Phi) is 7.32. The molecule has 28 heavy (non-hydrogen) atoms. The summed E-state index contributed by atoms with van der Waals surface area (Å²) < 4.78 is 5.30. The highest BCUT2D eigenvalue weighted by Crippen LogP contribution is 2.12. The number of carbonyl (C=O) groups is 3. The Labute approximate surface area is 165 Å². The average molecular weight is 382 g/mol. The van der Waals surface area contributed by atoms with Crippen LogP contribution in [0.25, 0.3) is 0 Å². The maximum atomic E-state index is 12.4. The minimum absolute atomic E-state index is 0.0572. The first-order chi connectivity index (χ1) is 13.3. The van der Waals surface area contributed by atoms with Crippen molar-refractivity contribution in [2.75, 3.05) is 0 Å². The van der Waals surface area contributed by atoms with Crippen LogP contribution in [0.2, 0.25) is 0 Å². The molecule has 6 nitrogen and oxygen atoms in total. The van der Waals surface area contributed by atoms with E-state index in [9.17, 15) is 14.4 Å². The van der Waals surface area contributed by atoms with Crippen LogP contribution in [-0.4, -0.2) is 29.9 Å². The Bertz CT molecular complexity index is 827. The number of Topliss-reactive ketones (excluding diaryl/α,β-unsaturated/α-hetero) is 1. The first kappa shape index (κ1) is 21.2. The number of hydrogen-bond acceptors (Lipinski definition) is 4. The van der Waals surface area contributed by atoms with Crippen LogP contribution >= 0.6 is 0 Å². The Balaban J connectivity index is 1.90. The van der Waals surface area contributed by atoms with Crippen LogP contribution in [0.5, 0.6) is 0 Å². The van der Waals surface area contributed by atoms with E-state index in [1.165, 1.54) is 0 Å². The van der Waals surface area contributed by atoms with Crippen LogP contribution in [0.1, 0.15) is 52.6 Å². The highest BCUT2D eigenvalue weighted by atomic mass is 16.5. The highest BCUT2D eigenvalue weighted by Gasteiger charge is 2.20. The number of amides is 2. The van der Waals surface area contributed by atoms with Gasteiger partial charge in [0, 0.05) is 18.2 Å². The van der Waals surface area contributed by atoms with E-state index in [4.69, 9.17) is 4.74 Å². The van der Waals surface area contributed by atoms with E-state index < -0.39 is 12.1 Å². The van der Waals surface area contributed by atoms with Crippen LogP contribution in [0.3, 0.4) is 0 Å². The predicted molar refractivity (Wildman–Crippen MR) is 107 cm³/mol. The van der Waals surface area contributed by atoms with Crippen molar-refractivity contribution < 1.29 is 19.1 Å². The molecule has 0 spiro atoms. The third-order valence-electron chi connectivity index (χ3n) is 4.05. The quantitative estimate of drug-likeness (QED) is 0.566. The van der Waals surface area contributed by atoms with Gasteiger partial charge in [0.05, 0.1) is 5.56 Å². The molecule has 0 saturated heterocycles. The standard InChI is InChI=1S/C22H26N2O4/c1-14(2)24-22(27)23-13-17-7-11-19(12-8-17)21(26)28-16(4)20(25)18-9-5-15(3)6-10-18/h5-12,14,16H,13H2,1-4H3,(H2,23,24,27)/t16-/m1/s1. The molecular weight excluding hydrogens is 356 g/mol. The zero-order chi connectivity index (χ0) is 20.7. The Hall–Kier alpha value is -3.15. The Morgan fingerprint density at radius 1 is 0.893 bits per heavy atom. The number of urea groups is 1. The second-order valence-corrected chi connectivity index (χ2v) is 6.96. The lowest BCUT2D eigenvalue weighted by atomic mass is 10.1. The summed E-state index contributed by atoms with van der Waals surface area (Å²) in [5.74, 6) is -0.810. The molecule has 1 atom stereocenters. The summed E-state index contributed by atoms with van der Waals surface area (Å²) in [6.07, 6.45) is -0.878. The molecular formula is C22H26N2O4. The third kappa shape index (κ3) is 6.23. The molecule has 0 unspecified atom stereocenters. The van der Waals surface area contributed by atoms with E-state index in [1.54, 1.807) is 43.3 Å². The van der Waals surface area contributed by atoms with Crippen molar-refractivity contribution in [3.05, 3.63) is 70.8 Å². The van der Waals surface area contributed by atoms with Crippen LogP contribution in [0, 0.1) is 6.92 Å². The summed E-state index contributed by atoms with van der Waals surface area (Å²) in [7, 11) is 0. The molecule has 0 heterocycles. The maximum Gasteiger partial charge on any atom is 0.338 e. The zero-order valence-corrected chi connectivity index (χ0v) is 16.6. The number of rotatable bonds is 7. The van der Waals surface area contributed by atoms with Gasteiger partial charge in [0.25, 0.3) is 0 Å². The van der Waals surface area contributed by atoms with E-state index in [-0.39, 0.29) is 17.9 Å². The Morgan fingerprint density at radius 3 is 2.04 bits per heavy atom. The number of benzene rings is 2. The van der Waals surface area contributed by atoms with Gasteiger partial charge in [-0.2, -0.15) is 0 Å². The second-order valence-electron chi connectivity index (χ2n) is 6.96. The molecule has 0 aromatic heterocycles. The zero-order valence-electron chi connectivity index (χ0n) is 16.6. The largest absolute Gasteiger partial charge is 0.451 e. The number of hydrogen-bond donors (Lipinski definition) is 2. The van der Waals surface area contributed by atoms with Gasteiger partial charge in [-0.25, -0.2) is 9.59 Å². The van der Waals surface area contributed by atoms with Crippen molar-refractivity contribution in [1.29, 1.82) is 0 Å². The minimum Gasteiger partial charge on any atom is -0.451 e. The van der Waals surface area contributed by atoms with Crippen LogP contribution in [0.15, 0.2) is 48.5 Å². The van der Waals surface area contributed by atoms with Gasteiger partial charge in [0.1, 0.15) is 0 Å². The van der Waals surface area contributed by atoms with Crippen LogP contribution in [0.4, 0.5) is 4.79 Å². The fourth-order valence-corrected chi connectivity index (χ4v) is 2.49. The fourth-order valence-electron chi connectivity index (χ4n) is 2.49. The molecule has 0 radical (unpaired) electrons. The summed E-state index contributed by atoms with van der Waals surface area (Å²) in [6, 6.07) is 13.6. The van der Waals surface area contributed by atoms with Crippen molar-refractivity contribution in [2.24, 2.45) is 0 Å². The van der Waals surface area contributed by atoms with E-state index in [0.29, 0.717) is 17.7 Å². The number of esters is 1. The molecule has 6 heteroatoms. The van der Waals surface area contributed by atoms with E-state index in [0.717, 1.165) is 11.1 Å². The van der Waals surface area contributed by atoms with Crippen LogP contribution < -0.4 is 10.6 Å². The molecule has 148 valence electrons. The monoisotopic (exact) mass is 382 g/mol. The van der Waals surface area contributed by atoms with Crippen molar-refractivity contribution in [3.63, 3.8) is 0 Å². The highest BCUT2D eigenvalue weighted by molar-refractivity contribution is 6.01. The lowest BCUT2D eigenvalue weighted by Crippen LogP contribution is -2.39. The molecule has 2 amide bonds.